The first-order valence-electron chi connectivity index (χ1n) is 7.49. The molecule has 4 heteroatoms. The van der Waals surface area contributed by atoms with Crippen molar-refractivity contribution in [3.8, 4) is 0 Å². The van der Waals surface area contributed by atoms with Crippen molar-refractivity contribution in [2.24, 2.45) is 11.8 Å². The highest BCUT2D eigenvalue weighted by molar-refractivity contribution is 5.81. The van der Waals surface area contributed by atoms with Gasteiger partial charge in [0.25, 0.3) is 0 Å². The van der Waals surface area contributed by atoms with Gasteiger partial charge in [-0.25, -0.2) is 0 Å². The molecule has 1 amide bonds. The standard InChI is InChI=1S/C16H22N2O2/c19-10-11-2-1-3-14(8-11)17-9-15(20)18-16(12-4-5-12)13-6-7-13/h1-3,8,12-13,16-17,19H,4-7,9-10H2,(H,18,20). The van der Waals surface area contributed by atoms with Crippen molar-refractivity contribution in [2.75, 3.05) is 11.9 Å². The van der Waals surface area contributed by atoms with E-state index in [-0.39, 0.29) is 12.5 Å². The second-order valence-electron chi connectivity index (χ2n) is 5.98. The fourth-order valence-electron chi connectivity index (χ4n) is 2.73. The summed E-state index contributed by atoms with van der Waals surface area (Å²) < 4.78 is 0. The topological polar surface area (TPSA) is 61.4 Å². The molecule has 0 bridgehead atoms. The molecule has 0 unspecified atom stereocenters. The number of carbonyl (C=O) groups excluding carboxylic acids is 1. The van der Waals surface area contributed by atoms with Crippen molar-refractivity contribution in [3.05, 3.63) is 29.8 Å². The van der Waals surface area contributed by atoms with E-state index < -0.39 is 0 Å². The fraction of sp³-hybridized carbons (Fsp3) is 0.562. The minimum Gasteiger partial charge on any atom is -0.392 e. The maximum absolute atomic E-state index is 12.0. The predicted molar refractivity (Wildman–Crippen MR) is 78.2 cm³/mol. The number of anilines is 1. The zero-order chi connectivity index (χ0) is 13.9. The van der Waals surface area contributed by atoms with Gasteiger partial charge in [0.1, 0.15) is 0 Å². The van der Waals surface area contributed by atoms with Crippen LogP contribution in [-0.2, 0) is 11.4 Å². The number of hydrogen-bond donors (Lipinski definition) is 3. The summed E-state index contributed by atoms with van der Waals surface area (Å²) in [6.45, 7) is 0.317. The van der Waals surface area contributed by atoms with E-state index in [1.54, 1.807) is 0 Å². The first kappa shape index (κ1) is 13.4. The van der Waals surface area contributed by atoms with Gasteiger partial charge in [-0.2, -0.15) is 0 Å². The van der Waals surface area contributed by atoms with E-state index in [1.165, 1.54) is 25.7 Å². The molecule has 2 saturated carbocycles. The Bertz CT molecular complexity index is 469. The van der Waals surface area contributed by atoms with Crippen LogP contribution in [0.5, 0.6) is 0 Å². The molecule has 20 heavy (non-hydrogen) atoms. The Labute approximate surface area is 119 Å². The molecule has 0 aromatic heterocycles. The van der Waals surface area contributed by atoms with Gasteiger partial charge in [0.15, 0.2) is 0 Å². The number of aliphatic hydroxyl groups is 1. The Morgan fingerprint density at radius 3 is 2.55 bits per heavy atom. The predicted octanol–water partition coefficient (Wildman–Crippen LogP) is 1.90. The van der Waals surface area contributed by atoms with Gasteiger partial charge in [0.05, 0.1) is 13.2 Å². The van der Waals surface area contributed by atoms with Crippen molar-refractivity contribution < 1.29 is 9.90 Å². The molecule has 2 fully saturated rings. The molecule has 4 nitrogen and oxygen atoms in total. The summed E-state index contributed by atoms with van der Waals surface area (Å²) >= 11 is 0. The van der Waals surface area contributed by atoms with Crippen LogP contribution in [0.3, 0.4) is 0 Å². The summed E-state index contributed by atoms with van der Waals surface area (Å²) in [5.41, 5.74) is 1.73. The smallest absolute Gasteiger partial charge is 0.239 e. The molecular weight excluding hydrogens is 252 g/mol. The van der Waals surface area contributed by atoms with Crippen LogP contribution in [0.15, 0.2) is 24.3 Å². The van der Waals surface area contributed by atoms with Crippen molar-refractivity contribution in [2.45, 2.75) is 38.3 Å². The van der Waals surface area contributed by atoms with Crippen molar-refractivity contribution >= 4 is 11.6 Å². The second-order valence-corrected chi connectivity index (χ2v) is 5.98. The molecule has 3 rings (SSSR count). The zero-order valence-electron chi connectivity index (χ0n) is 11.6. The average molecular weight is 274 g/mol. The van der Waals surface area contributed by atoms with Gasteiger partial charge in [-0.15, -0.1) is 0 Å². The van der Waals surface area contributed by atoms with Crippen LogP contribution in [0.1, 0.15) is 31.2 Å². The van der Waals surface area contributed by atoms with Crippen molar-refractivity contribution in [1.29, 1.82) is 0 Å². The minimum absolute atomic E-state index is 0.0210. The van der Waals surface area contributed by atoms with Crippen LogP contribution >= 0.6 is 0 Å². The van der Waals surface area contributed by atoms with Gasteiger partial charge in [0, 0.05) is 11.7 Å². The summed E-state index contributed by atoms with van der Waals surface area (Å²) in [7, 11) is 0. The summed E-state index contributed by atoms with van der Waals surface area (Å²) in [6, 6.07) is 7.93. The van der Waals surface area contributed by atoms with Crippen molar-refractivity contribution in [1.82, 2.24) is 5.32 Å². The van der Waals surface area contributed by atoms with Gasteiger partial charge in [-0.3, -0.25) is 4.79 Å². The second kappa shape index (κ2) is 5.83. The van der Waals surface area contributed by atoms with Gasteiger partial charge in [-0.05, 0) is 55.2 Å². The van der Waals surface area contributed by atoms with Crippen LogP contribution in [0, 0.1) is 11.8 Å². The van der Waals surface area contributed by atoms with Gasteiger partial charge >= 0.3 is 0 Å². The SMILES string of the molecule is O=C(CNc1cccc(CO)c1)NC(C1CC1)C1CC1. The molecule has 1 aromatic carbocycles. The van der Waals surface area contributed by atoms with E-state index in [0.717, 1.165) is 23.1 Å². The molecule has 2 aliphatic carbocycles. The van der Waals surface area contributed by atoms with Crippen LogP contribution in [0.4, 0.5) is 5.69 Å². The lowest BCUT2D eigenvalue weighted by Crippen LogP contribution is -2.41. The number of nitrogens with one attached hydrogen (secondary N) is 2. The lowest BCUT2D eigenvalue weighted by Gasteiger charge is -2.18. The first-order chi connectivity index (χ1) is 9.76. The molecule has 0 saturated heterocycles. The number of rotatable bonds is 7. The summed E-state index contributed by atoms with van der Waals surface area (Å²) in [5.74, 6) is 1.52. The Kier molecular flexibility index (Phi) is 3.92. The average Bonchev–Trinajstić information content (AvgIpc) is 3.35. The number of carbonyl (C=O) groups is 1. The zero-order valence-corrected chi connectivity index (χ0v) is 11.6. The summed E-state index contributed by atoms with van der Waals surface area (Å²) in [6.07, 6.45) is 5.09. The third-order valence-electron chi connectivity index (χ3n) is 4.15. The summed E-state index contributed by atoms with van der Waals surface area (Å²) in [5, 5.41) is 15.4. The minimum atomic E-state index is 0.0210. The summed E-state index contributed by atoms with van der Waals surface area (Å²) in [4.78, 5) is 12.0. The quantitative estimate of drug-likeness (QED) is 0.711. The molecule has 0 atom stereocenters. The van der Waals surface area contributed by atoms with Gasteiger partial charge < -0.3 is 15.7 Å². The first-order valence-corrected chi connectivity index (χ1v) is 7.49. The molecule has 1 aromatic rings. The van der Waals surface area contributed by atoms with Gasteiger partial charge in [0.2, 0.25) is 5.91 Å². The molecular formula is C16H22N2O2. The fourth-order valence-corrected chi connectivity index (χ4v) is 2.73. The Hall–Kier alpha value is -1.55. The van der Waals surface area contributed by atoms with E-state index in [2.05, 4.69) is 10.6 Å². The molecule has 0 radical (unpaired) electrons. The Morgan fingerprint density at radius 2 is 1.95 bits per heavy atom. The molecule has 108 valence electrons. The molecule has 0 spiro atoms. The number of amides is 1. The van der Waals surface area contributed by atoms with E-state index >= 15 is 0 Å². The molecule has 2 aliphatic rings. The monoisotopic (exact) mass is 274 g/mol. The van der Waals surface area contributed by atoms with Crippen LogP contribution < -0.4 is 10.6 Å². The lowest BCUT2D eigenvalue weighted by molar-refractivity contribution is -0.120. The highest BCUT2D eigenvalue weighted by atomic mass is 16.3. The van der Waals surface area contributed by atoms with E-state index in [0.29, 0.717) is 12.6 Å². The van der Waals surface area contributed by atoms with Crippen LogP contribution in [0.25, 0.3) is 0 Å². The maximum atomic E-state index is 12.0. The van der Waals surface area contributed by atoms with Crippen molar-refractivity contribution in [3.63, 3.8) is 0 Å². The molecule has 3 N–H and O–H groups in total. The highest BCUT2D eigenvalue weighted by Gasteiger charge is 2.42. The van der Waals surface area contributed by atoms with Crippen LogP contribution in [-0.4, -0.2) is 23.6 Å². The molecule has 0 heterocycles. The Balaban J connectivity index is 1.48. The van der Waals surface area contributed by atoms with E-state index in [9.17, 15) is 4.79 Å². The van der Waals surface area contributed by atoms with Crippen LogP contribution in [0.2, 0.25) is 0 Å². The third-order valence-corrected chi connectivity index (χ3v) is 4.15. The Morgan fingerprint density at radius 1 is 1.25 bits per heavy atom. The van der Waals surface area contributed by atoms with E-state index in [4.69, 9.17) is 5.11 Å². The molecule has 0 aliphatic heterocycles. The number of benzene rings is 1. The van der Waals surface area contributed by atoms with E-state index in [1.807, 2.05) is 24.3 Å². The number of aliphatic hydroxyl groups excluding tert-OH is 1. The lowest BCUT2D eigenvalue weighted by atomic mass is 10.1. The largest absolute Gasteiger partial charge is 0.392 e. The third kappa shape index (κ3) is 3.51. The van der Waals surface area contributed by atoms with Gasteiger partial charge in [-0.1, -0.05) is 12.1 Å². The number of hydrogen-bond acceptors (Lipinski definition) is 3. The maximum Gasteiger partial charge on any atom is 0.239 e. The normalized spacial score (nSPS) is 18.1. The highest BCUT2D eigenvalue weighted by Crippen LogP contribution is 2.44.